The average Bonchev–Trinajstić information content (AvgIpc) is 2.38. The SMILES string of the molecule is CCC1CCN(CC(=O)NC(C)(C)CC)C(C(=O)O)C1. The number of nitrogens with one attached hydrogen (secondary N) is 1. The first kappa shape index (κ1) is 17.0. The van der Waals surface area contributed by atoms with Gasteiger partial charge in [0.15, 0.2) is 0 Å². The van der Waals surface area contributed by atoms with Gasteiger partial charge in [0, 0.05) is 5.54 Å². The first-order valence-corrected chi connectivity index (χ1v) is 7.57. The van der Waals surface area contributed by atoms with E-state index in [1.165, 1.54) is 0 Å². The predicted octanol–water partition coefficient (Wildman–Crippen LogP) is 1.87. The number of nitrogens with zero attached hydrogens (tertiary/aromatic N) is 1. The van der Waals surface area contributed by atoms with E-state index in [2.05, 4.69) is 12.2 Å². The van der Waals surface area contributed by atoms with Gasteiger partial charge in [0.25, 0.3) is 0 Å². The van der Waals surface area contributed by atoms with Crippen LogP contribution >= 0.6 is 0 Å². The van der Waals surface area contributed by atoms with Crippen LogP contribution in [0.3, 0.4) is 0 Å². The summed E-state index contributed by atoms with van der Waals surface area (Å²) in [4.78, 5) is 25.2. The fourth-order valence-corrected chi connectivity index (χ4v) is 2.59. The van der Waals surface area contributed by atoms with Crippen molar-refractivity contribution in [2.75, 3.05) is 13.1 Å². The molecule has 0 spiro atoms. The van der Waals surface area contributed by atoms with Crippen molar-refractivity contribution in [3.63, 3.8) is 0 Å². The summed E-state index contributed by atoms with van der Waals surface area (Å²) in [5.41, 5.74) is -0.239. The van der Waals surface area contributed by atoms with E-state index in [9.17, 15) is 14.7 Å². The summed E-state index contributed by atoms with van der Waals surface area (Å²) in [6, 6.07) is -0.524. The van der Waals surface area contributed by atoms with Crippen LogP contribution in [-0.2, 0) is 9.59 Å². The molecule has 0 radical (unpaired) electrons. The molecule has 5 nitrogen and oxygen atoms in total. The Balaban J connectivity index is 2.61. The van der Waals surface area contributed by atoms with Crippen molar-refractivity contribution in [1.82, 2.24) is 10.2 Å². The van der Waals surface area contributed by atoms with Gasteiger partial charge in [0.05, 0.1) is 6.54 Å². The molecule has 1 rings (SSSR count). The molecule has 2 atom stereocenters. The summed E-state index contributed by atoms with van der Waals surface area (Å²) in [5.74, 6) is -0.439. The lowest BCUT2D eigenvalue weighted by molar-refractivity contribution is -0.146. The molecule has 116 valence electrons. The zero-order valence-electron chi connectivity index (χ0n) is 13.1. The predicted molar refractivity (Wildman–Crippen MR) is 78.5 cm³/mol. The van der Waals surface area contributed by atoms with Crippen molar-refractivity contribution in [2.24, 2.45) is 5.92 Å². The average molecular weight is 284 g/mol. The van der Waals surface area contributed by atoms with Crippen LogP contribution in [0.1, 0.15) is 53.4 Å². The summed E-state index contributed by atoms with van der Waals surface area (Å²) >= 11 is 0. The first-order valence-electron chi connectivity index (χ1n) is 7.57. The van der Waals surface area contributed by atoms with Gasteiger partial charge in [-0.15, -0.1) is 0 Å². The first-order chi connectivity index (χ1) is 9.29. The van der Waals surface area contributed by atoms with Crippen LogP contribution in [0.4, 0.5) is 0 Å². The summed E-state index contributed by atoms with van der Waals surface area (Å²) < 4.78 is 0. The van der Waals surface area contributed by atoms with Crippen molar-refractivity contribution >= 4 is 11.9 Å². The van der Waals surface area contributed by atoms with E-state index in [1.54, 1.807) is 4.90 Å². The molecule has 0 saturated carbocycles. The summed E-state index contributed by atoms with van der Waals surface area (Å²) in [6.07, 6.45) is 3.48. The smallest absolute Gasteiger partial charge is 0.320 e. The fraction of sp³-hybridized carbons (Fsp3) is 0.867. The van der Waals surface area contributed by atoms with Crippen LogP contribution in [0.2, 0.25) is 0 Å². The second-order valence-corrected chi connectivity index (χ2v) is 6.41. The Kier molecular flexibility index (Phi) is 5.99. The van der Waals surface area contributed by atoms with Crippen molar-refractivity contribution in [3.8, 4) is 0 Å². The number of hydrogen-bond acceptors (Lipinski definition) is 3. The number of likely N-dealkylation sites (tertiary alicyclic amines) is 1. The van der Waals surface area contributed by atoms with Gasteiger partial charge in [-0.25, -0.2) is 0 Å². The fourth-order valence-electron chi connectivity index (χ4n) is 2.59. The molecule has 1 heterocycles. The van der Waals surface area contributed by atoms with Crippen molar-refractivity contribution in [3.05, 3.63) is 0 Å². The third-order valence-electron chi connectivity index (χ3n) is 4.39. The molecule has 2 N–H and O–H groups in total. The number of amides is 1. The van der Waals surface area contributed by atoms with Gasteiger partial charge in [0.1, 0.15) is 6.04 Å². The van der Waals surface area contributed by atoms with E-state index in [1.807, 2.05) is 20.8 Å². The molecule has 0 aromatic heterocycles. The second-order valence-electron chi connectivity index (χ2n) is 6.41. The number of carbonyl (C=O) groups excluding carboxylic acids is 1. The molecule has 20 heavy (non-hydrogen) atoms. The summed E-state index contributed by atoms with van der Waals surface area (Å²) in [6.45, 7) is 8.93. The van der Waals surface area contributed by atoms with Crippen LogP contribution in [0.25, 0.3) is 0 Å². The van der Waals surface area contributed by atoms with Crippen LogP contribution < -0.4 is 5.32 Å². The van der Waals surface area contributed by atoms with Crippen LogP contribution in [0.15, 0.2) is 0 Å². The molecule has 0 aromatic carbocycles. The number of carboxylic acid groups (broad SMARTS) is 1. The Hall–Kier alpha value is -1.10. The summed E-state index contributed by atoms with van der Waals surface area (Å²) in [5, 5.41) is 12.3. The van der Waals surface area contributed by atoms with E-state index >= 15 is 0 Å². The maximum absolute atomic E-state index is 12.1. The highest BCUT2D eigenvalue weighted by Crippen LogP contribution is 2.25. The van der Waals surface area contributed by atoms with Gasteiger partial charge in [0.2, 0.25) is 5.91 Å². The van der Waals surface area contributed by atoms with Crippen LogP contribution in [0, 0.1) is 5.92 Å². The molecule has 1 aliphatic heterocycles. The zero-order valence-corrected chi connectivity index (χ0v) is 13.1. The maximum atomic E-state index is 12.1. The van der Waals surface area contributed by atoms with E-state index in [4.69, 9.17) is 0 Å². The van der Waals surface area contributed by atoms with Gasteiger partial charge in [-0.2, -0.15) is 0 Å². The third-order valence-corrected chi connectivity index (χ3v) is 4.39. The molecule has 1 amide bonds. The normalized spacial score (nSPS) is 24.4. The number of carboxylic acids is 1. The van der Waals surface area contributed by atoms with E-state index in [0.29, 0.717) is 18.9 Å². The molecule has 5 heteroatoms. The Labute approximate surface area is 121 Å². The highest BCUT2D eigenvalue weighted by molar-refractivity contribution is 5.80. The highest BCUT2D eigenvalue weighted by Gasteiger charge is 2.34. The topological polar surface area (TPSA) is 69.6 Å². The Bertz CT molecular complexity index is 355. The lowest BCUT2D eigenvalue weighted by Crippen LogP contribution is -2.53. The third kappa shape index (κ3) is 4.78. The quantitative estimate of drug-likeness (QED) is 0.781. The Morgan fingerprint density at radius 1 is 1.35 bits per heavy atom. The van der Waals surface area contributed by atoms with Gasteiger partial charge < -0.3 is 10.4 Å². The van der Waals surface area contributed by atoms with E-state index < -0.39 is 12.0 Å². The number of hydrogen-bond donors (Lipinski definition) is 2. The van der Waals surface area contributed by atoms with E-state index in [-0.39, 0.29) is 18.0 Å². The minimum absolute atomic E-state index is 0.0851. The lowest BCUT2D eigenvalue weighted by atomic mass is 9.89. The molecular weight excluding hydrogens is 256 g/mol. The largest absolute Gasteiger partial charge is 0.480 e. The molecule has 0 aromatic rings. The minimum Gasteiger partial charge on any atom is -0.480 e. The Morgan fingerprint density at radius 2 is 2.00 bits per heavy atom. The molecule has 1 fully saturated rings. The monoisotopic (exact) mass is 284 g/mol. The van der Waals surface area contributed by atoms with Crippen molar-refractivity contribution in [1.29, 1.82) is 0 Å². The summed E-state index contributed by atoms with van der Waals surface area (Å²) in [7, 11) is 0. The Morgan fingerprint density at radius 3 is 2.50 bits per heavy atom. The van der Waals surface area contributed by atoms with Crippen molar-refractivity contribution in [2.45, 2.75) is 65.0 Å². The number of aliphatic carboxylic acids is 1. The standard InChI is InChI=1S/C15H28N2O3/c1-5-11-7-8-17(12(9-11)14(19)20)10-13(18)16-15(3,4)6-2/h11-12H,5-10H2,1-4H3,(H,16,18)(H,19,20). The molecule has 1 aliphatic rings. The lowest BCUT2D eigenvalue weighted by Gasteiger charge is -2.37. The van der Waals surface area contributed by atoms with Gasteiger partial charge in [-0.05, 0) is 45.6 Å². The second kappa shape index (κ2) is 7.07. The van der Waals surface area contributed by atoms with Gasteiger partial charge in [-0.3, -0.25) is 14.5 Å². The van der Waals surface area contributed by atoms with Gasteiger partial charge in [-0.1, -0.05) is 20.3 Å². The number of carbonyl (C=O) groups is 2. The minimum atomic E-state index is -0.814. The maximum Gasteiger partial charge on any atom is 0.320 e. The van der Waals surface area contributed by atoms with Crippen LogP contribution in [-0.4, -0.2) is 46.6 Å². The highest BCUT2D eigenvalue weighted by atomic mass is 16.4. The van der Waals surface area contributed by atoms with E-state index in [0.717, 1.165) is 19.3 Å². The molecule has 0 aliphatic carbocycles. The van der Waals surface area contributed by atoms with Crippen LogP contribution in [0.5, 0.6) is 0 Å². The number of rotatable bonds is 6. The molecule has 0 bridgehead atoms. The molecular formula is C15H28N2O3. The zero-order chi connectivity index (χ0) is 15.3. The number of piperidine rings is 1. The van der Waals surface area contributed by atoms with Gasteiger partial charge >= 0.3 is 5.97 Å². The molecule has 1 saturated heterocycles. The molecule has 2 unspecified atom stereocenters. The van der Waals surface area contributed by atoms with Crippen molar-refractivity contribution < 1.29 is 14.7 Å².